The smallest absolute Gasteiger partial charge is 0.341 e. The van der Waals surface area contributed by atoms with E-state index < -0.39 is 93.4 Å². The van der Waals surface area contributed by atoms with E-state index >= 15 is 0 Å². The van der Waals surface area contributed by atoms with Gasteiger partial charge in [0.15, 0.2) is 22.4 Å². The quantitative estimate of drug-likeness (QED) is 0.356. The Morgan fingerprint density at radius 3 is 1.86 bits per heavy atom. The van der Waals surface area contributed by atoms with Crippen LogP contribution in [0.4, 0.5) is 0 Å². The Hall–Kier alpha value is -2.41. The van der Waals surface area contributed by atoms with Gasteiger partial charge in [-0.15, -0.1) is 0 Å². The number of ether oxygens (including phenoxy) is 4. The first kappa shape index (κ1) is 32.3. The Balaban J connectivity index is 1.14. The largest absolute Gasteiger partial charge is 0.511 e. The van der Waals surface area contributed by atoms with Crippen LogP contribution in [0.5, 0.6) is 0 Å². The van der Waals surface area contributed by atoms with E-state index in [9.17, 15) is 34.5 Å². The highest BCUT2D eigenvalue weighted by Gasteiger charge is 2.89. The molecule has 2 unspecified atom stereocenters. The Morgan fingerprint density at radius 1 is 0.660 bits per heavy atom. The highest BCUT2D eigenvalue weighted by molar-refractivity contribution is 8.00. The third-order valence-corrected chi connectivity index (χ3v) is 17.2. The van der Waals surface area contributed by atoms with Gasteiger partial charge in [-0.25, -0.2) is 9.59 Å². The molecule has 0 amide bonds. The van der Waals surface area contributed by atoms with Crippen LogP contribution in [0.3, 0.4) is 0 Å². The van der Waals surface area contributed by atoms with E-state index in [-0.39, 0.29) is 63.2 Å². The predicted molar refractivity (Wildman–Crippen MR) is 175 cm³/mol. The number of thioether (sulfide) groups is 1. The standard InChI is InChI=1S/C38H46O11S/c1-12-7-14(3)26(41)22-33(44)48-35-10-17(6)30-31(19(35)9-18(24(12)39)37(22,35)47-30)50-32-20-28(43)29-16(5)11-36(20)38(46-29)21(32)25(40)13(2)8-15(4)27(42)23(38)34(45)49-36/h12-21,28-32,41-43H,7-11H2,1-6H3/t12-,13-,14+,15+,16+,17+,18+,19?,20?,21-,28-,29-,30-,31-,32+,35+,36+,37-,38-/m0/s1. The van der Waals surface area contributed by atoms with Crippen LogP contribution in [0.2, 0.25) is 0 Å². The first-order chi connectivity index (χ1) is 23.6. The van der Waals surface area contributed by atoms with E-state index in [1.165, 1.54) is 0 Å². The molecule has 270 valence electrons. The molecule has 12 heteroatoms. The fourth-order valence-electron chi connectivity index (χ4n) is 13.7. The Morgan fingerprint density at radius 2 is 1.20 bits per heavy atom. The molecule has 12 rings (SSSR count). The van der Waals surface area contributed by atoms with Gasteiger partial charge in [0.25, 0.3) is 0 Å². The molecule has 8 bridgehead atoms. The molecule has 0 aromatic rings. The molecule has 50 heavy (non-hydrogen) atoms. The van der Waals surface area contributed by atoms with Gasteiger partial charge in [0.2, 0.25) is 0 Å². The summed E-state index contributed by atoms with van der Waals surface area (Å²) in [5.74, 6) is -6.06. The molecule has 4 saturated carbocycles. The third-order valence-electron chi connectivity index (χ3n) is 15.4. The van der Waals surface area contributed by atoms with Gasteiger partial charge in [0, 0.05) is 46.0 Å². The normalized spacial score (nSPS) is 58.4. The van der Waals surface area contributed by atoms with Gasteiger partial charge < -0.3 is 34.3 Å². The number of rotatable bonds is 2. The van der Waals surface area contributed by atoms with E-state index in [4.69, 9.17) is 18.9 Å². The van der Waals surface area contributed by atoms with Crippen molar-refractivity contribution in [3.05, 3.63) is 22.7 Å². The molecule has 6 heterocycles. The lowest BCUT2D eigenvalue weighted by atomic mass is 9.59. The van der Waals surface area contributed by atoms with Crippen molar-refractivity contribution in [2.24, 2.45) is 59.2 Å². The van der Waals surface area contributed by atoms with Crippen molar-refractivity contribution >= 4 is 35.3 Å². The van der Waals surface area contributed by atoms with Crippen LogP contribution >= 0.6 is 11.8 Å². The van der Waals surface area contributed by atoms with Gasteiger partial charge in [-0.1, -0.05) is 41.5 Å². The van der Waals surface area contributed by atoms with Crippen LogP contribution in [0.15, 0.2) is 22.7 Å². The summed E-state index contributed by atoms with van der Waals surface area (Å²) in [6.45, 7) is 11.4. The number of Topliss-reactive ketones (excluding diaryl/α,β-unsaturated/α-hetero) is 2. The average Bonchev–Trinajstić information content (AvgIpc) is 3.57. The summed E-state index contributed by atoms with van der Waals surface area (Å²) in [7, 11) is 0. The molecule has 19 atom stereocenters. The van der Waals surface area contributed by atoms with Crippen LogP contribution in [0, 0.1) is 59.2 Å². The molecule has 10 fully saturated rings. The minimum absolute atomic E-state index is 0.0143. The molecule has 0 aromatic heterocycles. The number of aliphatic hydroxyl groups is 3. The summed E-state index contributed by atoms with van der Waals surface area (Å²) >= 11 is 1.54. The van der Waals surface area contributed by atoms with E-state index in [1.54, 1.807) is 11.8 Å². The monoisotopic (exact) mass is 710 g/mol. The first-order valence-electron chi connectivity index (χ1n) is 18.7. The summed E-state index contributed by atoms with van der Waals surface area (Å²) in [5, 5.41) is 34.5. The van der Waals surface area contributed by atoms with Crippen LogP contribution in [0.25, 0.3) is 0 Å². The van der Waals surface area contributed by atoms with Gasteiger partial charge in [-0.2, -0.15) is 11.8 Å². The van der Waals surface area contributed by atoms with E-state index in [0.29, 0.717) is 32.1 Å². The lowest BCUT2D eigenvalue weighted by molar-refractivity contribution is -0.300. The van der Waals surface area contributed by atoms with Crippen molar-refractivity contribution in [2.45, 2.75) is 125 Å². The molecular weight excluding hydrogens is 664 g/mol. The van der Waals surface area contributed by atoms with Crippen LogP contribution in [-0.2, 0) is 38.1 Å². The topological polar surface area (TPSA) is 166 Å². The minimum atomic E-state index is -1.55. The fraction of sp³-hybridized carbons (Fsp3) is 0.789. The van der Waals surface area contributed by atoms with Gasteiger partial charge in [0.1, 0.15) is 34.2 Å². The van der Waals surface area contributed by atoms with Crippen molar-refractivity contribution in [1.82, 2.24) is 0 Å². The molecule has 11 nitrogen and oxygen atoms in total. The van der Waals surface area contributed by atoms with Crippen LogP contribution < -0.4 is 0 Å². The second kappa shape index (κ2) is 9.57. The summed E-state index contributed by atoms with van der Waals surface area (Å²) in [4.78, 5) is 56.9. The summed E-state index contributed by atoms with van der Waals surface area (Å²) in [6.07, 6.45) is -0.118. The molecular formula is C38H46O11S. The maximum absolute atomic E-state index is 14.9. The summed E-state index contributed by atoms with van der Waals surface area (Å²) in [6, 6.07) is 0. The second-order valence-electron chi connectivity index (χ2n) is 17.9. The predicted octanol–water partition coefficient (Wildman–Crippen LogP) is 3.76. The number of ketones is 2. The van der Waals surface area contributed by atoms with Gasteiger partial charge in [0.05, 0.1) is 30.1 Å². The minimum Gasteiger partial charge on any atom is -0.511 e. The lowest BCUT2D eigenvalue weighted by Crippen LogP contribution is -2.72. The van der Waals surface area contributed by atoms with E-state index in [0.717, 1.165) is 0 Å². The number of esters is 2. The first-order valence-corrected chi connectivity index (χ1v) is 19.6. The highest BCUT2D eigenvalue weighted by atomic mass is 32.2. The molecule has 6 saturated heterocycles. The van der Waals surface area contributed by atoms with Crippen molar-refractivity contribution in [2.75, 3.05) is 0 Å². The van der Waals surface area contributed by atoms with Crippen LogP contribution in [0.1, 0.15) is 73.6 Å². The summed E-state index contributed by atoms with van der Waals surface area (Å²) in [5.41, 5.74) is -5.33. The van der Waals surface area contributed by atoms with Gasteiger partial charge in [-0.05, 0) is 43.9 Å². The van der Waals surface area contributed by atoms with Crippen molar-refractivity contribution in [1.29, 1.82) is 0 Å². The Kier molecular flexibility index (Phi) is 6.17. The average molecular weight is 711 g/mol. The van der Waals surface area contributed by atoms with Crippen LogP contribution in [-0.4, -0.2) is 90.0 Å². The maximum atomic E-state index is 14.9. The Labute approximate surface area is 294 Å². The molecule has 6 aliphatic carbocycles. The summed E-state index contributed by atoms with van der Waals surface area (Å²) < 4.78 is 26.8. The molecule has 0 radical (unpaired) electrons. The number of carbonyl (C=O) groups excluding carboxylic acids is 4. The zero-order valence-corrected chi connectivity index (χ0v) is 30.0. The third kappa shape index (κ3) is 3.15. The van der Waals surface area contributed by atoms with Crippen molar-refractivity contribution < 1.29 is 53.4 Å². The maximum Gasteiger partial charge on any atom is 0.341 e. The number of aliphatic hydroxyl groups excluding tert-OH is 3. The van der Waals surface area contributed by atoms with Gasteiger partial charge >= 0.3 is 11.9 Å². The van der Waals surface area contributed by atoms with E-state index in [2.05, 4.69) is 6.92 Å². The number of hydrogen-bond acceptors (Lipinski definition) is 12. The molecule has 0 aromatic carbocycles. The highest BCUT2D eigenvalue weighted by Crippen LogP contribution is 2.76. The molecule has 3 N–H and O–H groups in total. The number of fused-ring (bicyclic) bond motifs is 2. The molecule has 4 spiro atoms. The zero-order valence-electron chi connectivity index (χ0n) is 29.2. The van der Waals surface area contributed by atoms with Crippen molar-refractivity contribution in [3.63, 3.8) is 0 Å². The lowest BCUT2D eigenvalue weighted by Gasteiger charge is -2.60. The second-order valence-corrected chi connectivity index (χ2v) is 19.3. The van der Waals surface area contributed by atoms with E-state index in [1.807, 2.05) is 34.6 Å². The number of hydrogen-bond donors (Lipinski definition) is 3. The van der Waals surface area contributed by atoms with Crippen molar-refractivity contribution in [3.8, 4) is 0 Å². The SMILES string of the molecule is C[C@@H]1C[C@H](C)C(=O)[C@H]2CC3[C@H](S[C@@H]4C5[C@H](O)[C@H]6O[C@]78C(=C(O)[C@H](C)C[C@H](C)C(=O)[C@@H]47)C(=O)O[C@]58C[C@H]6C)[C@H]4O[C@]25C(=C1O)C(=O)O[C@]35C[C@H]4C. The fourth-order valence-corrected chi connectivity index (χ4v) is 16.1. The molecule has 6 aliphatic heterocycles. The molecule has 12 aliphatic rings. The Bertz CT molecular complexity index is 1750. The zero-order chi connectivity index (χ0) is 35.4. The number of allylic oxidation sites excluding steroid dienone is 2. The van der Waals surface area contributed by atoms with Gasteiger partial charge in [-0.3, -0.25) is 9.59 Å². The number of carbonyl (C=O) groups is 4.